The Kier molecular flexibility index (Phi) is 6.89. The second-order valence-corrected chi connectivity index (χ2v) is 6.93. The first-order valence-corrected chi connectivity index (χ1v) is 8.79. The summed E-state index contributed by atoms with van der Waals surface area (Å²) in [5.74, 6) is -1.18. The molecule has 0 saturated heterocycles. The van der Waals surface area contributed by atoms with Crippen molar-refractivity contribution in [2.45, 2.75) is 19.9 Å². The molecule has 0 aliphatic rings. The van der Waals surface area contributed by atoms with Gasteiger partial charge in [-0.2, -0.15) is 0 Å². The molecule has 0 radical (unpaired) electrons. The van der Waals surface area contributed by atoms with E-state index < -0.39 is 11.7 Å². The minimum absolute atomic E-state index is 0.0213. The molecule has 2 amide bonds. The molecule has 0 saturated carbocycles. The van der Waals surface area contributed by atoms with Crippen LogP contribution in [0.1, 0.15) is 26.5 Å². The summed E-state index contributed by atoms with van der Waals surface area (Å²) in [4.78, 5) is 28.3. The first-order chi connectivity index (χ1) is 12.0. The third-order valence-corrected chi connectivity index (χ3v) is 4.57. The highest BCUT2D eigenvalue weighted by molar-refractivity contribution is 7.11. The molecule has 132 valence electrons. The van der Waals surface area contributed by atoms with Crippen molar-refractivity contribution in [3.8, 4) is 0 Å². The second kappa shape index (κ2) is 9.13. The molecule has 25 heavy (non-hydrogen) atoms. The summed E-state index contributed by atoms with van der Waals surface area (Å²) in [6.45, 7) is 6.82. The number of nitrogens with zero attached hydrogens (tertiary/aromatic N) is 1. The highest BCUT2D eigenvalue weighted by Gasteiger charge is 2.15. The van der Waals surface area contributed by atoms with Crippen LogP contribution in [0.4, 0.5) is 4.39 Å². The van der Waals surface area contributed by atoms with Crippen LogP contribution in [0.3, 0.4) is 0 Å². The number of carbonyl (C=O) groups excluding carboxylic acids is 2. The van der Waals surface area contributed by atoms with Crippen molar-refractivity contribution in [3.63, 3.8) is 0 Å². The van der Waals surface area contributed by atoms with Gasteiger partial charge in [-0.3, -0.25) is 9.59 Å². The summed E-state index contributed by atoms with van der Waals surface area (Å²) in [5, 5.41) is 2.59. The van der Waals surface area contributed by atoms with Crippen LogP contribution in [-0.4, -0.2) is 29.8 Å². The number of amides is 2. The molecule has 1 aromatic carbocycles. The quantitative estimate of drug-likeness (QED) is 0.732. The number of hydrogen-bond acceptors (Lipinski definition) is 3. The molecule has 1 heterocycles. The van der Waals surface area contributed by atoms with E-state index in [9.17, 15) is 14.0 Å². The average Bonchev–Trinajstić information content (AvgIpc) is 2.99. The monoisotopic (exact) mass is 360 g/mol. The molecule has 0 spiro atoms. The number of hydrogen-bond donors (Lipinski definition) is 1. The van der Waals surface area contributed by atoms with E-state index in [0.717, 1.165) is 4.88 Å². The summed E-state index contributed by atoms with van der Waals surface area (Å²) in [6.07, 6.45) is 1.83. The molecule has 2 aromatic rings. The fourth-order valence-electron chi connectivity index (χ4n) is 2.35. The Hall–Kier alpha value is -2.47. The van der Waals surface area contributed by atoms with Crippen LogP contribution in [-0.2, 0) is 11.3 Å². The highest BCUT2D eigenvalue weighted by Crippen LogP contribution is 2.17. The number of benzene rings is 1. The SMILES string of the molecule is C=CCN(Cc1ccc(C)s1)C(=O)CCNC(=O)c1ccccc1F. The Morgan fingerprint density at radius 3 is 2.68 bits per heavy atom. The van der Waals surface area contributed by atoms with Crippen LogP contribution in [0.2, 0.25) is 0 Å². The molecule has 1 N–H and O–H groups in total. The summed E-state index contributed by atoms with van der Waals surface area (Å²) >= 11 is 1.65. The molecular weight excluding hydrogens is 339 g/mol. The Bertz CT molecular complexity index is 757. The zero-order chi connectivity index (χ0) is 18.2. The lowest BCUT2D eigenvalue weighted by Gasteiger charge is -2.20. The molecule has 0 aliphatic heterocycles. The van der Waals surface area contributed by atoms with Gasteiger partial charge in [-0.15, -0.1) is 17.9 Å². The van der Waals surface area contributed by atoms with E-state index in [4.69, 9.17) is 0 Å². The van der Waals surface area contributed by atoms with Gasteiger partial charge in [0.25, 0.3) is 5.91 Å². The zero-order valence-corrected chi connectivity index (χ0v) is 14.9. The average molecular weight is 360 g/mol. The molecule has 0 fully saturated rings. The summed E-state index contributed by atoms with van der Waals surface area (Å²) in [6, 6.07) is 9.78. The van der Waals surface area contributed by atoms with Crippen molar-refractivity contribution in [1.82, 2.24) is 10.2 Å². The standard InChI is InChI=1S/C19H21FN2O2S/c1-3-12-22(13-15-9-8-14(2)25-15)18(23)10-11-21-19(24)16-6-4-5-7-17(16)20/h3-9H,1,10-13H2,2H3,(H,21,24). The van der Waals surface area contributed by atoms with Gasteiger partial charge in [-0.05, 0) is 31.2 Å². The van der Waals surface area contributed by atoms with Crippen LogP contribution < -0.4 is 5.32 Å². The minimum Gasteiger partial charge on any atom is -0.351 e. The predicted octanol–water partition coefficient (Wildman–Crippen LogP) is 3.53. The van der Waals surface area contributed by atoms with Gasteiger partial charge in [0.2, 0.25) is 5.91 Å². The normalized spacial score (nSPS) is 10.3. The number of nitrogens with one attached hydrogen (secondary N) is 1. The number of halogens is 1. The van der Waals surface area contributed by atoms with Gasteiger partial charge < -0.3 is 10.2 Å². The topological polar surface area (TPSA) is 49.4 Å². The van der Waals surface area contributed by atoms with Crippen LogP contribution in [0.5, 0.6) is 0 Å². The number of carbonyl (C=O) groups is 2. The summed E-state index contributed by atoms with van der Waals surface area (Å²) in [7, 11) is 0. The van der Waals surface area contributed by atoms with Crippen molar-refractivity contribution in [2.75, 3.05) is 13.1 Å². The first kappa shape index (κ1) is 18.9. The van der Waals surface area contributed by atoms with Crippen LogP contribution in [0, 0.1) is 12.7 Å². The lowest BCUT2D eigenvalue weighted by atomic mass is 10.2. The van der Waals surface area contributed by atoms with Crippen molar-refractivity contribution < 1.29 is 14.0 Å². The van der Waals surface area contributed by atoms with E-state index in [1.165, 1.54) is 23.1 Å². The highest BCUT2D eigenvalue weighted by atomic mass is 32.1. The minimum atomic E-state index is -0.576. The van der Waals surface area contributed by atoms with Crippen molar-refractivity contribution in [2.24, 2.45) is 0 Å². The molecule has 0 aliphatic carbocycles. The number of thiophene rings is 1. The predicted molar refractivity (Wildman–Crippen MR) is 98.0 cm³/mol. The smallest absolute Gasteiger partial charge is 0.254 e. The third kappa shape index (κ3) is 5.53. The van der Waals surface area contributed by atoms with Crippen LogP contribution in [0.15, 0.2) is 49.1 Å². The van der Waals surface area contributed by atoms with E-state index in [2.05, 4.69) is 11.9 Å². The fourth-order valence-corrected chi connectivity index (χ4v) is 3.26. The molecule has 1 aromatic heterocycles. The third-order valence-electron chi connectivity index (χ3n) is 3.59. The van der Waals surface area contributed by atoms with Gasteiger partial charge in [-0.25, -0.2) is 4.39 Å². The summed E-state index contributed by atoms with van der Waals surface area (Å²) in [5.41, 5.74) is -0.0213. The molecule has 0 unspecified atom stereocenters. The van der Waals surface area contributed by atoms with Gasteiger partial charge in [0.1, 0.15) is 5.82 Å². The molecule has 0 bridgehead atoms. The van der Waals surface area contributed by atoms with E-state index in [1.807, 2.05) is 19.1 Å². The number of aryl methyl sites for hydroxylation is 1. The molecule has 0 atom stereocenters. The summed E-state index contributed by atoms with van der Waals surface area (Å²) < 4.78 is 13.6. The van der Waals surface area contributed by atoms with Gasteiger partial charge in [0, 0.05) is 29.3 Å². The molecule has 2 rings (SSSR count). The van der Waals surface area contributed by atoms with E-state index >= 15 is 0 Å². The fraction of sp³-hybridized carbons (Fsp3) is 0.263. The second-order valence-electron chi connectivity index (χ2n) is 5.56. The Morgan fingerprint density at radius 1 is 1.28 bits per heavy atom. The Morgan fingerprint density at radius 2 is 2.04 bits per heavy atom. The zero-order valence-electron chi connectivity index (χ0n) is 14.1. The Balaban J connectivity index is 1.87. The van der Waals surface area contributed by atoms with Gasteiger partial charge in [0.15, 0.2) is 0 Å². The van der Waals surface area contributed by atoms with Crippen LogP contribution >= 0.6 is 11.3 Å². The maximum Gasteiger partial charge on any atom is 0.254 e. The van der Waals surface area contributed by atoms with Crippen molar-refractivity contribution >= 4 is 23.2 Å². The number of rotatable bonds is 8. The van der Waals surface area contributed by atoms with Gasteiger partial charge >= 0.3 is 0 Å². The lowest BCUT2D eigenvalue weighted by Crippen LogP contribution is -2.34. The van der Waals surface area contributed by atoms with Gasteiger partial charge in [0.05, 0.1) is 12.1 Å². The largest absolute Gasteiger partial charge is 0.351 e. The molecule has 4 nitrogen and oxygen atoms in total. The van der Waals surface area contributed by atoms with Crippen LogP contribution in [0.25, 0.3) is 0 Å². The lowest BCUT2D eigenvalue weighted by molar-refractivity contribution is -0.131. The van der Waals surface area contributed by atoms with E-state index in [1.54, 1.807) is 28.4 Å². The van der Waals surface area contributed by atoms with E-state index in [-0.39, 0.29) is 24.4 Å². The van der Waals surface area contributed by atoms with Gasteiger partial charge in [-0.1, -0.05) is 18.2 Å². The maximum absolute atomic E-state index is 13.6. The maximum atomic E-state index is 13.6. The Labute approximate surface area is 151 Å². The molecule has 6 heteroatoms. The van der Waals surface area contributed by atoms with E-state index in [0.29, 0.717) is 13.1 Å². The van der Waals surface area contributed by atoms with Crippen molar-refractivity contribution in [3.05, 3.63) is 70.2 Å². The molecular formula is C19H21FN2O2S. The first-order valence-electron chi connectivity index (χ1n) is 7.98. The van der Waals surface area contributed by atoms with Crippen molar-refractivity contribution in [1.29, 1.82) is 0 Å².